The van der Waals surface area contributed by atoms with Gasteiger partial charge in [-0.05, 0) is 6.07 Å². The van der Waals surface area contributed by atoms with Gasteiger partial charge in [0.1, 0.15) is 5.82 Å². The number of hydrogen-bond acceptors (Lipinski definition) is 2. The summed E-state index contributed by atoms with van der Waals surface area (Å²) in [6.07, 6.45) is 3.62. The van der Waals surface area contributed by atoms with E-state index in [2.05, 4.69) is 45.5 Å². The third-order valence-corrected chi connectivity index (χ3v) is 2.27. The third-order valence-electron chi connectivity index (χ3n) is 1.45. The summed E-state index contributed by atoms with van der Waals surface area (Å²) < 4.78 is 0.977. The summed E-state index contributed by atoms with van der Waals surface area (Å²) in [4.78, 5) is 4.22. The molecule has 0 aliphatic carbocycles. The fourth-order valence-corrected chi connectivity index (χ4v) is 1.49. The summed E-state index contributed by atoms with van der Waals surface area (Å²) in [7, 11) is 0. The Labute approximate surface area is 86.2 Å². The summed E-state index contributed by atoms with van der Waals surface area (Å²) in [5, 5.41) is 3.18. The van der Waals surface area contributed by atoms with E-state index < -0.39 is 0 Å². The summed E-state index contributed by atoms with van der Waals surface area (Å²) in [5.41, 5.74) is 1.24. The van der Waals surface area contributed by atoms with Gasteiger partial charge in [0.2, 0.25) is 0 Å². The second-order valence-electron chi connectivity index (χ2n) is 2.31. The van der Waals surface area contributed by atoms with Crippen LogP contribution in [0.5, 0.6) is 0 Å². The number of alkyl halides is 1. The van der Waals surface area contributed by atoms with Crippen LogP contribution in [0.2, 0.25) is 0 Å². The highest BCUT2D eigenvalue weighted by molar-refractivity contribution is 14.1. The van der Waals surface area contributed by atoms with Crippen LogP contribution in [0.15, 0.2) is 31.0 Å². The molecule has 0 radical (unpaired) electrons. The zero-order valence-corrected chi connectivity index (χ0v) is 8.91. The average molecular weight is 274 g/mol. The molecule has 1 aromatic rings. The minimum atomic E-state index is 0.765. The van der Waals surface area contributed by atoms with E-state index in [-0.39, 0.29) is 0 Å². The minimum Gasteiger partial charge on any atom is -0.366 e. The predicted molar refractivity (Wildman–Crippen MR) is 60.6 cm³/mol. The summed E-state index contributed by atoms with van der Waals surface area (Å²) >= 11 is 2.32. The van der Waals surface area contributed by atoms with Crippen molar-refractivity contribution in [2.24, 2.45) is 0 Å². The van der Waals surface area contributed by atoms with Gasteiger partial charge in [-0.1, -0.05) is 34.7 Å². The molecule has 0 aromatic carbocycles. The molecule has 12 heavy (non-hydrogen) atoms. The molecule has 1 rings (SSSR count). The van der Waals surface area contributed by atoms with Gasteiger partial charge in [-0.2, -0.15) is 0 Å². The maximum Gasteiger partial charge on any atom is 0.130 e. The van der Waals surface area contributed by atoms with E-state index in [4.69, 9.17) is 0 Å². The Morgan fingerprint density at radius 2 is 2.50 bits per heavy atom. The van der Waals surface area contributed by atoms with E-state index in [0.29, 0.717) is 0 Å². The molecule has 0 amide bonds. The van der Waals surface area contributed by atoms with Gasteiger partial charge in [-0.25, -0.2) is 4.98 Å². The Balaban J connectivity index is 2.74. The van der Waals surface area contributed by atoms with E-state index in [1.807, 2.05) is 12.1 Å². The first-order valence-corrected chi connectivity index (χ1v) is 5.25. The monoisotopic (exact) mass is 274 g/mol. The number of halogens is 1. The summed E-state index contributed by atoms with van der Waals surface area (Å²) in [6, 6.07) is 4.03. The van der Waals surface area contributed by atoms with Crippen molar-refractivity contribution in [1.82, 2.24) is 4.98 Å². The lowest BCUT2D eigenvalue weighted by atomic mass is 10.3. The van der Waals surface area contributed by atoms with Crippen LogP contribution in [0.3, 0.4) is 0 Å². The molecule has 0 spiro atoms. The molecule has 64 valence electrons. The van der Waals surface area contributed by atoms with E-state index >= 15 is 0 Å². The lowest BCUT2D eigenvalue weighted by Gasteiger charge is -2.05. The van der Waals surface area contributed by atoms with Crippen molar-refractivity contribution in [2.45, 2.75) is 4.43 Å². The zero-order valence-electron chi connectivity index (χ0n) is 6.76. The number of aromatic nitrogens is 1. The second kappa shape index (κ2) is 5.13. The molecule has 0 aliphatic rings. The van der Waals surface area contributed by atoms with Crippen LogP contribution in [0.4, 0.5) is 5.82 Å². The van der Waals surface area contributed by atoms with Crippen LogP contribution >= 0.6 is 22.6 Å². The van der Waals surface area contributed by atoms with E-state index in [9.17, 15) is 0 Å². The highest BCUT2D eigenvalue weighted by Crippen LogP contribution is 2.14. The lowest BCUT2D eigenvalue weighted by Crippen LogP contribution is -2.02. The van der Waals surface area contributed by atoms with Gasteiger partial charge < -0.3 is 5.32 Å². The number of pyridine rings is 1. The maximum absolute atomic E-state index is 4.22. The van der Waals surface area contributed by atoms with Crippen LogP contribution in [-0.4, -0.2) is 11.5 Å². The number of rotatable bonds is 4. The van der Waals surface area contributed by atoms with Gasteiger partial charge in [0.15, 0.2) is 0 Å². The standard InChI is InChI=1S/C9H11IN2/c1-2-5-11-9-8(7-10)4-3-6-12-9/h2-4,6H,1,5,7H2,(H,11,12). The third kappa shape index (κ3) is 2.48. The average Bonchev–Trinajstić information content (AvgIpc) is 2.15. The summed E-state index contributed by atoms with van der Waals surface area (Å²) in [6.45, 7) is 4.40. The van der Waals surface area contributed by atoms with Crippen LogP contribution in [0, 0.1) is 0 Å². The predicted octanol–water partition coefficient (Wildman–Crippen LogP) is 2.61. The van der Waals surface area contributed by atoms with Crippen molar-refractivity contribution in [1.29, 1.82) is 0 Å². The van der Waals surface area contributed by atoms with Crippen molar-refractivity contribution in [2.75, 3.05) is 11.9 Å². The molecule has 0 unspecified atom stereocenters. The second-order valence-corrected chi connectivity index (χ2v) is 3.08. The molecular formula is C9H11IN2. The lowest BCUT2D eigenvalue weighted by molar-refractivity contribution is 1.19. The Morgan fingerprint density at radius 1 is 1.67 bits per heavy atom. The van der Waals surface area contributed by atoms with E-state index in [1.165, 1.54) is 5.56 Å². The molecule has 0 bridgehead atoms. The first-order chi connectivity index (χ1) is 5.88. The highest BCUT2D eigenvalue weighted by atomic mass is 127. The molecule has 1 N–H and O–H groups in total. The number of nitrogens with one attached hydrogen (secondary N) is 1. The van der Waals surface area contributed by atoms with Crippen LogP contribution in [0.25, 0.3) is 0 Å². The molecule has 1 aromatic heterocycles. The van der Waals surface area contributed by atoms with E-state index in [1.54, 1.807) is 6.20 Å². The number of anilines is 1. The fraction of sp³-hybridized carbons (Fsp3) is 0.222. The van der Waals surface area contributed by atoms with Crippen molar-refractivity contribution in [3.63, 3.8) is 0 Å². The van der Waals surface area contributed by atoms with Gasteiger partial charge in [0.25, 0.3) is 0 Å². The highest BCUT2D eigenvalue weighted by Gasteiger charge is 1.98. The molecule has 2 nitrogen and oxygen atoms in total. The molecule has 0 saturated heterocycles. The molecule has 0 atom stereocenters. The first kappa shape index (κ1) is 9.51. The molecule has 0 aliphatic heterocycles. The Bertz CT molecular complexity index is 260. The largest absolute Gasteiger partial charge is 0.366 e. The van der Waals surface area contributed by atoms with Gasteiger partial charge in [-0.15, -0.1) is 6.58 Å². The Hall–Kier alpha value is -0.580. The van der Waals surface area contributed by atoms with Gasteiger partial charge in [0, 0.05) is 22.7 Å². The van der Waals surface area contributed by atoms with Crippen LogP contribution in [0.1, 0.15) is 5.56 Å². The minimum absolute atomic E-state index is 0.765. The number of nitrogens with zero attached hydrogens (tertiary/aromatic N) is 1. The SMILES string of the molecule is C=CCNc1ncccc1CI. The fourth-order valence-electron chi connectivity index (χ4n) is 0.874. The Kier molecular flexibility index (Phi) is 4.07. The van der Waals surface area contributed by atoms with Gasteiger partial charge >= 0.3 is 0 Å². The molecule has 0 fully saturated rings. The van der Waals surface area contributed by atoms with Crippen molar-refractivity contribution >= 4 is 28.4 Å². The first-order valence-electron chi connectivity index (χ1n) is 3.73. The van der Waals surface area contributed by atoms with Crippen molar-refractivity contribution in [3.05, 3.63) is 36.5 Å². The van der Waals surface area contributed by atoms with Gasteiger partial charge in [0.05, 0.1) is 0 Å². The van der Waals surface area contributed by atoms with Gasteiger partial charge in [-0.3, -0.25) is 0 Å². The molecule has 0 saturated carbocycles. The molecule has 3 heteroatoms. The number of hydrogen-bond donors (Lipinski definition) is 1. The van der Waals surface area contributed by atoms with Crippen LogP contribution in [-0.2, 0) is 4.43 Å². The summed E-state index contributed by atoms with van der Waals surface area (Å²) in [5.74, 6) is 0.965. The zero-order chi connectivity index (χ0) is 8.81. The normalized spacial score (nSPS) is 9.42. The van der Waals surface area contributed by atoms with E-state index in [0.717, 1.165) is 16.8 Å². The maximum atomic E-state index is 4.22. The van der Waals surface area contributed by atoms with Crippen molar-refractivity contribution in [3.8, 4) is 0 Å². The topological polar surface area (TPSA) is 24.9 Å². The quantitative estimate of drug-likeness (QED) is 0.518. The molecular weight excluding hydrogens is 263 g/mol. The smallest absolute Gasteiger partial charge is 0.130 e. The molecule has 1 heterocycles. The Morgan fingerprint density at radius 3 is 3.17 bits per heavy atom. The van der Waals surface area contributed by atoms with Crippen molar-refractivity contribution < 1.29 is 0 Å². The van der Waals surface area contributed by atoms with Crippen LogP contribution < -0.4 is 5.32 Å².